The molecule has 0 bridgehead atoms. The van der Waals surface area contributed by atoms with Gasteiger partial charge in [0.1, 0.15) is 0 Å². The Morgan fingerprint density at radius 3 is 2.77 bits per heavy atom. The van der Waals surface area contributed by atoms with E-state index in [4.69, 9.17) is 9.84 Å². The van der Waals surface area contributed by atoms with Gasteiger partial charge in [-0.05, 0) is 49.4 Å². The fourth-order valence-electron chi connectivity index (χ4n) is 3.83. The third-order valence-electron chi connectivity index (χ3n) is 5.31. The van der Waals surface area contributed by atoms with Crippen molar-refractivity contribution in [1.82, 2.24) is 9.80 Å². The molecule has 142 valence electrons. The van der Waals surface area contributed by atoms with Crippen LogP contribution in [0, 0.1) is 5.92 Å². The number of carbonyl (C=O) groups is 2. The molecule has 0 unspecified atom stereocenters. The molecule has 6 nitrogen and oxygen atoms in total. The molecule has 26 heavy (non-hydrogen) atoms. The summed E-state index contributed by atoms with van der Waals surface area (Å²) in [6.45, 7) is 6.10. The second-order valence-electron chi connectivity index (χ2n) is 7.26. The van der Waals surface area contributed by atoms with Crippen molar-refractivity contribution in [2.75, 3.05) is 45.9 Å². The molecule has 2 aliphatic heterocycles. The average Bonchev–Trinajstić information content (AvgIpc) is 3.11. The van der Waals surface area contributed by atoms with Gasteiger partial charge in [-0.1, -0.05) is 12.1 Å². The smallest absolute Gasteiger partial charge is 0.335 e. The molecule has 3 rings (SSSR count). The number of carboxylic acid groups (broad SMARTS) is 1. The molecule has 6 heteroatoms. The highest BCUT2D eigenvalue weighted by atomic mass is 16.5. The SMILES string of the molecule is O=C(O)c1cccc(C[C@@H]2CCN(C(=O)CCCN3CCOCC3)C2)c1. The molecule has 2 saturated heterocycles. The van der Waals surface area contributed by atoms with Crippen LogP contribution in [0.25, 0.3) is 0 Å². The van der Waals surface area contributed by atoms with Gasteiger partial charge in [-0.15, -0.1) is 0 Å². The van der Waals surface area contributed by atoms with E-state index in [1.807, 2.05) is 11.0 Å². The van der Waals surface area contributed by atoms with Gasteiger partial charge in [0, 0.05) is 32.6 Å². The Hall–Kier alpha value is -1.92. The fourth-order valence-corrected chi connectivity index (χ4v) is 3.83. The van der Waals surface area contributed by atoms with Crippen LogP contribution in [0.5, 0.6) is 0 Å². The largest absolute Gasteiger partial charge is 0.478 e. The van der Waals surface area contributed by atoms with Crippen molar-refractivity contribution in [3.05, 3.63) is 35.4 Å². The zero-order valence-electron chi connectivity index (χ0n) is 15.2. The average molecular weight is 360 g/mol. The molecule has 1 atom stereocenters. The zero-order valence-corrected chi connectivity index (χ0v) is 15.2. The minimum atomic E-state index is -0.893. The van der Waals surface area contributed by atoms with Crippen molar-refractivity contribution in [3.63, 3.8) is 0 Å². The van der Waals surface area contributed by atoms with E-state index >= 15 is 0 Å². The van der Waals surface area contributed by atoms with Gasteiger partial charge in [0.15, 0.2) is 0 Å². The van der Waals surface area contributed by atoms with E-state index in [9.17, 15) is 9.59 Å². The van der Waals surface area contributed by atoms with Crippen LogP contribution in [0.3, 0.4) is 0 Å². The third-order valence-corrected chi connectivity index (χ3v) is 5.31. The number of likely N-dealkylation sites (tertiary alicyclic amines) is 1. The first-order valence-electron chi connectivity index (χ1n) is 9.52. The van der Waals surface area contributed by atoms with Gasteiger partial charge in [0.25, 0.3) is 0 Å². The molecule has 0 aliphatic carbocycles. The van der Waals surface area contributed by atoms with Gasteiger partial charge in [-0.25, -0.2) is 4.79 Å². The lowest BCUT2D eigenvalue weighted by atomic mass is 9.97. The maximum absolute atomic E-state index is 12.4. The van der Waals surface area contributed by atoms with Crippen molar-refractivity contribution in [3.8, 4) is 0 Å². The first-order chi connectivity index (χ1) is 12.6. The van der Waals surface area contributed by atoms with Crippen LogP contribution in [-0.2, 0) is 16.0 Å². The van der Waals surface area contributed by atoms with E-state index in [0.29, 0.717) is 17.9 Å². The summed E-state index contributed by atoms with van der Waals surface area (Å²) in [6, 6.07) is 7.13. The van der Waals surface area contributed by atoms with Gasteiger partial charge in [0.05, 0.1) is 18.8 Å². The highest BCUT2D eigenvalue weighted by Gasteiger charge is 2.26. The normalized spacial score (nSPS) is 21.1. The highest BCUT2D eigenvalue weighted by molar-refractivity contribution is 5.87. The highest BCUT2D eigenvalue weighted by Crippen LogP contribution is 2.22. The number of hydrogen-bond donors (Lipinski definition) is 1. The second-order valence-corrected chi connectivity index (χ2v) is 7.26. The predicted molar refractivity (Wildman–Crippen MR) is 98.3 cm³/mol. The molecule has 1 N–H and O–H groups in total. The standard InChI is InChI=1S/C20H28N2O4/c23-19(5-2-7-21-9-11-26-12-10-21)22-8-6-17(15-22)13-16-3-1-4-18(14-16)20(24)25/h1,3-4,14,17H,2,5-13,15H2,(H,24,25)/t17-/m0/s1. The summed E-state index contributed by atoms with van der Waals surface area (Å²) in [7, 11) is 0. The number of nitrogens with zero attached hydrogens (tertiary/aromatic N) is 2. The van der Waals surface area contributed by atoms with Crippen molar-refractivity contribution < 1.29 is 19.4 Å². The van der Waals surface area contributed by atoms with E-state index in [2.05, 4.69) is 4.90 Å². The molecule has 0 aromatic heterocycles. The summed E-state index contributed by atoms with van der Waals surface area (Å²) in [5.41, 5.74) is 1.37. The molecular formula is C20H28N2O4. The second kappa shape index (κ2) is 9.14. The Morgan fingerprint density at radius 2 is 2.00 bits per heavy atom. The first-order valence-corrected chi connectivity index (χ1v) is 9.52. The van der Waals surface area contributed by atoms with Gasteiger partial charge in [-0.3, -0.25) is 9.69 Å². The lowest BCUT2D eigenvalue weighted by Gasteiger charge is -2.26. The van der Waals surface area contributed by atoms with Gasteiger partial charge < -0.3 is 14.7 Å². The van der Waals surface area contributed by atoms with E-state index in [0.717, 1.165) is 70.8 Å². The predicted octanol–water partition coefficient (Wildman–Crippen LogP) is 1.89. The summed E-state index contributed by atoms with van der Waals surface area (Å²) in [6.07, 6.45) is 3.34. The van der Waals surface area contributed by atoms with E-state index in [1.165, 1.54) is 0 Å². The van der Waals surface area contributed by atoms with Crippen LogP contribution in [0.15, 0.2) is 24.3 Å². The number of morpholine rings is 1. The molecular weight excluding hydrogens is 332 g/mol. The maximum atomic E-state index is 12.4. The van der Waals surface area contributed by atoms with Crippen molar-refractivity contribution in [1.29, 1.82) is 0 Å². The summed E-state index contributed by atoms with van der Waals surface area (Å²) in [5, 5.41) is 9.10. The third kappa shape index (κ3) is 5.29. The van der Waals surface area contributed by atoms with Crippen LogP contribution >= 0.6 is 0 Å². The minimum absolute atomic E-state index is 0.250. The minimum Gasteiger partial charge on any atom is -0.478 e. The Labute approximate surface area is 154 Å². The summed E-state index contributed by atoms with van der Waals surface area (Å²) in [4.78, 5) is 27.9. The number of ether oxygens (including phenoxy) is 1. The zero-order chi connectivity index (χ0) is 18.4. The van der Waals surface area contributed by atoms with Crippen LogP contribution in [0.4, 0.5) is 0 Å². The number of carboxylic acids is 1. The number of hydrogen-bond acceptors (Lipinski definition) is 4. The lowest BCUT2D eigenvalue weighted by molar-refractivity contribution is -0.130. The molecule has 0 spiro atoms. The van der Waals surface area contributed by atoms with Gasteiger partial charge in [0.2, 0.25) is 5.91 Å². The molecule has 1 aromatic rings. The van der Waals surface area contributed by atoms with E-state index < -0.39 is 5.97 Å². The van der Waals surface area contributed by atoms with Crippen LogP contribution < -0.4 is 0 Å². The molecule has 2 fully saturated rings. The number of rotatable bonds is 7. The van der Waals surface area contributed by atoms with Crippen molar-refractivity contribution in [2.24, 2.45) is 5.92 Å². The monoisotopic (exact) mass is 360 g/mol. The van der Waals surface area contributed by atoms with E-state index in [-0.39, 0.29) is 5.91 Å². The molecule has 2 aliphatic rings. The van der Waals surface area contributed by atoms with Crippen molar-refractivity contribution >= 4 is 11.9 Å². The quantitative estimate of drug-likeness (QED) is 0.804. The van der Waals surface area contributed by atoms with Crippen molar-refractivity contribution in [2.45, 2.75) is 25.7 Å². The molecule has 1 aromatic carbocycles. The molecule has 0 saturated carbocycles. The van der Waals surface area contributed by atoms with Crippen LogP contribution in [0.2, 0.25) is 0 Å². The van der Waals surface area contributed by atoms with Crippen LogP contribution in [0.1, 0.15) is 35.2 Å². The summed E-state index contributed by atoms with van der Waals surface area (Å²) < 4.78 is 5.34. The fraction of sp³-hybridized carbons (Fsp3) is 0.600. The maximum Gasteiger partial charge on any atom is 0.335 e. The number of benzene rings is 1. The summed E-state index contributed by atoms with van der Waals surface area (Å²) in [5.74, 6) is -0.224. The number of amides is 1. The Bertz CT molecular complexity index is 628. The lowest BCUT2D eigenvalue weighted by Crippen LogP contribution is -2.37. The molecule has 2 heterocycles. The Morgan fingerprint density at radius 1 is 1.19 bits per heavy atom. The Balaban J connectivity index is 1.40. The topological polar surface area (TPSA) is 70.1 Å². The number of aromatic carboxylic acids is 1. The summed E-state index contributed by atoms with van der Waals surface area (Å²) >= 11 is 0. The first kappa shape index (κ1) is 18.9. The molecule has 0 radical (unpaired) electrons. The van der Waals surface area contributed by atoms with E-state index in [1.54, 1.807) is 18.2 Å². The van der Waals surface area contributed by atoms with Crippen LogP contribution in [-0.4, -0.2) is 72.7 Å². The van der Waals surface area contributed by atoms with Gasteiger partial charge in [-0.2, -0.15) is 0 Å². The van der Waals surface area contributed by atoms with Gasteiger partial charge >= 0.3 is 5.97 Å². The molecule has 1 amide bonds. The number of carbonyl (C=O) groups excluding carboxylic acids is 1. The Kier molecular flexibility index (Phi) is 6.63.